The van der Waals surface area contributed by atoms with Crippen molar-refractivity contribution >= 4 is 29.8 Å². The Hall–Kier alpha value is -3.30. The molecule has 10 nitrogen and oxygen atoms in total. The number of cyclic esters (lactones) is 1. The summed E-state index contributed by atoms with van der Waals surface area (Å²) in [4.78, 5) is 52.5. The van der Waals surface area contributed by atoms with E-state index in [1.54, 1.807) is 4.90 Å². The molecule has 2 aliphatic heterocycles. The van der Waals surface area contributed by atoms with Crippen LogP contribution in [0, 0.1) is 5.92 Å². The van der Waals surface area contributed by atoms with E-state index in [4.69, 9.17) is 14.2 Å². The van der Waals surface area contributed by atoms with Crippen molar-refractivity contribution in [3.05, 3.63) is 29.3 Å². The first-order chi connectivity index (χ1) is 15.7. The summed E-state index contributed by atoms with van der Waals surface area (Å²) < 4.78 is 14.7. The second kappa shape index (κ2) is 10.5. The van der Waals surface area contributed by atoms with Crippen molar-refractivity contribution in [1.82, 2.24) is 9.80 Å². The van der Waals surface area contributed by atoms with Gasteiger partial charge in [0, 0.05) is 24.8 Å². The summed E-state index contributed by atoms with van der Waals surface area (Å²) in [7, 11) is 2.47. The van der Waals surface area contributed by atoms with E-state index in [0.29, 0.717) is 38.5 Å². The molecule has 0 aromatic heterocycles. The Morgan fingerprint density at radius 3 is 2.15 bits per heavy atom. The molecule has 2 fully saturated rings. The normalized spacial score (nSPS) is 18.8. The zero-order chi connectivity index (χ0) is 24.1. The molecular formula is C23H31N3O7. The summed E-state index contributed by atoms with van der Waals surface area (Å²) in [6, 6.07) is 3.98. The number of carbonyl (C=O) groups is 4. The minimum Gasteiger partial charge on any atom is -0.465 e. The van der Waals surface area contributed by atoms with Crippen molar-refractivity contribution in [2.24, 2.45) is 5.92 Å². The number of esters is 2. The van der Waals surface area contributed by atoms with Gasteiger partial charge in [0.05, 0.1) is 31.4 Å². The van der Waals surface area contributed by atoms with Gasteiger partial charge in [-0.25, -0.2) is 19.2 Å². The van der Waals surface area contributed by atoms with Gasteiger partial charge in [0.2, 0.25) is 0 Å². The Morgan fingerprint density at radius 2 is 1.64 bits per heavy atom. The minimum absolute atomic E-state index is 0.0291. The molecule has 1 aromatic rings. The van der Waals surface area contributed by atoms with Gasteiger partial charge >= 0.3 is 24.1 Å². The standard InChI is InChI=1S/C23H31N3O7/c1-14(2)9-19-13-33-23(30)26(19)18-5-7-25(8-6-18)22(29)24-17-11-15(20(27)31-3)10-16(12-17)21(28)32-4/h10-12,14,18-19H,5-9,13H2,1-4H3,(H,24,29). The van der Waals surface area contributed by atoms with Crippen LogP contribution in [0.5, 0.6) is 0 Å². The molecule has 2 aliphatic rings. The van der Waals surface area contributed by atoms with Crippen molar-refractivity contribution in [3.8, 4) is 0 Å². The van der Waals surface area contributed by atoms with Crippen molar-refractivity contribution < 1.29 is 33.4 Å². The van der Waals surface area contributed by atoms with Gasteiger partial charge in [-0.05, 0) is 43.4 Å². The molecule has 1 unspecified atom stereocenters. The van der Waals surface area contributed by atoms with Crippen molar-refractivity contribution in [2.45, 2.75) is 45.2 Å². The molecule has 0 aliphatic carbocycles. The number of methoxy groups -OCH3 is 2. The number of piperidine rings is 1. The zero-order valence-electron chi connectivity index (χ0n) is 19.5. The van der Waals surface area contributed by atoms with E-state index in [0.717, 1.165) is 6.42 Å². The van der Waals surface area contributed by atoms with Crippen LogP contribution < -0.4 is 5.32 Å². The lowest BCUT2D eigenvalue weighted by Gasteiger charge is -2.38. The number of carbonyl (C=O) groups excluding carboxylic acids is 4. The Bertz CT molecular complexity index is 875. The van der Waals surface area contributed by atoms with Crippen LogP contribution in [0.25, 0.3) is 0 Å². The van der Waals surface area contributed by atoms with E-state index in [1.807, 2.05) is 4.90 Å². The maximum Gasteiger partial charge on any atom is 0.410 e. The van der Waals surface area contributed by atoms with Crippen LogP contribution >= 0.6 is 0 Å². The summed E-state index contributed by atoms with van der Waals surface area (Å²) >= 11 is 0. The molecule has 3 amide bonds. The molecule has 0 bridgehead atoms. The molecule has 0 radical (unpaired) electrons. The third-order valence-corrected chi connectivity index (χ3v) is 5.92. The predicted octanol–water partition coefficient (Wildman–Crippen LogP) is 3.12. The van der Waals surface area contributed by atoms with Gasteiger partial charge < -0.3 is 24.4 Å². The molecule has 0 spiro atoms. The third-order valence-electron chi connectivity index (χ3n) is 5.92. The predicted molar refractivity (Wildman–Crippen MR) is 119 cm³/mol. The number of rotatable bonds is 6. The molecule has 3 rings (SSSR count). The molecule has 1 aromatic carbocycles. The molecule has 180 valence electrons. The lowest BCUT2D eigenvalue weighted by atomic mass is 9.98. The topological polar surface area (TPSA) is 114 Å². The molecule has 0 saturated carbocycles. The maximum absolute atomic E-state index is 12.8. The molecule has 10 heteroatoms. The summed E-state index contributed by atoms with van der Waals surface area (Å²) in [5.74, 6) is -0.815. The number of nitrogens with zero attached hydrogens (tertiary/aromatic N) is 2. The van der Waals surface area contributed by atoms with Crippen LogP contribution in [0.4, 0.5) is 15.3 Å². The molecule has 33 heavy (non-hydrogen) atoms. The van der Waals surface area contributed by atoms with E-state index in [9.17, 15) is 19.2 Å². The smallest absolute Gasteiger partial charge is 0.410 e. The molecule has 1 N–H and O–H groups in total. The fourth-order valence-corrected chi connectivity index (χ4v) is 4.37. The van der Waals surface area contributed by atoms with E-state index < -0.39 is 11.9 Å². The van der Waals surface area contributed by atoms with Crippen molar-refractivity contribution in [1.29, 1.82) is 0 Å². The first kappa shape index (κ1) is 24.3. The highest BCUT2D eigenvalue weighted by Gasteiger charge is 2.40. The summed E-state index contributed by atoms with van der Waals surface area (Å²) in [5.41, 5.74) is 0.529. The Labute approximate surface area is 193 Å². The molecule has 2 saturated heterocycles. The third kappa shape index (κ3) is 5.74. The Balaban J connectivity index is 1.65. The van der Waals surface area contributed by atoms with Crippen molar-refractivity contribution in [2.75, 3.05) is 39.2 Å². The van der Waals surface area contributed by atoms with Crippen LogP contribution in [0.1, 0.15) is 53.8 Å². The van der Waals surface area contributed by atoms with Gasteiger partial charge in [0.25, 0.3) is 0 Å². The van der Waals surface area contributed by atoms with Crippen LogP contribution in [0.2, 0.25) is 0 Å². The van der Waals surface area contributed by atoms with Crippen LogP contribution in [-0.4, -0.2) is 79.9 Å². The highest BCUT2D eigenvalue weighted by Crippen LogP contribution is 2.27. The summed E-state index contributed by atoms with van der Waals surface area (Å²) in [5, 5.41) is 2.74. The number of amides is 3. The quantitative estimate of drug-likeness (QED) is 0.511. The lowest BCUT2D eigenvalue weighted by Crippen LogP contribution is -2.50. The Kier molecular flexibility index (Phi) is 7.78. The number of anilines is 1. The minimum atomic E-state index is -0.634. The number of likely N-dealkylation sites (tertiary alicyclic amines) is 1. The summed E-state index contributed by atoms with van der Waals surface area (Å²) in [6.07, 6.45) is 1.89. The van der Waals surface area contributed by atoms with Gasteiger partial charge in [-0.2, -0.15) is 0 Å². The maximum atomic E-state index is 12.8. The average molecular weight is 462 g/mol. The average Bonchev–Trinajstić information content (AvgIpc) is 3.16. The largest absolute Gasteiger partial charge is 0.465 e. The first-order valence-electron chi connectivity index (χ1n) is 11.1. The first-order valence-corrected chi connectivity index (χ1v) is 11.1. The summed E-state index contributed by atoms with van der Waals surface area (Å²) in [6.45, 7) is 5.59. The molecular weight excluding hydrogens is 430 g/mol. The van der Waals surface area contributed by atoms with E-state index in [1.165, 1.54) is 32.4 Å². The van der Waals surface area contributed by atoms with E-state index in [2.05, 4.69) is 19.2 Å². The lowest BCUT2D eigenvalue weighted by molar-refractivity contribution is 0.0599. The fraction of sp³-hybridized carbons (Fsp3) is 0.565. The number of hydrogen-bond acceptors (Lipinski definition) is 7. The number of hydrogen-bond donors (Lipinski definition) is 1. The van der Waals surface area contributed by atoms with Crippen LogP contribution in [0.3, 0.4) is 0 Å². The molecule has 1 atom stereocenters. The zero-order valence-corrected chi connectivity index (χ0v) is 19.5. The number of ether oxygens (including phenoxy) is 3. The molecule has 2 heterocycles. The second-order valence-electron chi connectivity index (χ2n) is 8.70. The second-order valence-corrected chi connectivity index (χ2v) is 8.70. The van der Waals surface area contributed by atoms with Crippen LogP contribution in [0.15, 0.2) is 18.2 Å². The SMILES string of the molecule is COC(=O)c1cc(NC(=O)N2CCC(N3C(=O)OCC3CC(C)C)CC2)cc(C(=O)OC)c1. The monoisotopic (exact) mass is 461 g/mol. The highest BCUT2D eigenvalue weighted by molar-refractivity contribution is 5.99. The van der Waals surface area contributed by atoms with Crippen molar-refractivity contribution in [3.63, 3.8) is 0 Å². The number of nitrogens with one attached hydrogen (secondary N) is 1. The van der Waals surface area contributed by atoms with Gasteiger partial charge in [-0.1, -0.05) is 13.8 Å². The Morgan fingerprint density at radius 1 is 1.06 bits per heavy atom. The van der Waals surface area contributed by atoms with Gasteiger partial charge in [0.15, 0.2) is 0 Å². The van der Waals surface area contributed by atoms with E-state index >= 15 is 0 Å². The van der Waals surface area contributed by atoms with Gasteiger partial charge in [-0.3, -0.25) is 4.90 Å². The number of urea groups is 1. The van der Waals surface area contributed by atoms with E-state index in [-0.39, 0.29) is 41.0 Å². The number of benzene rings is 1. The highest BCUT2D eigenvalue weighted by atomic mass is 16.6. The van der Waals surface area contributed by atoms with Gasteiger partial charge in [-0.15, -0.1) is 0 Å². The fourth-order valence-electron chi connectivity index (χ4n) is 4.37. The van der Waals surface area contributed by atoms with Gasteiger partial charge in [0.1, 0.15) is 6.61 Å². The van der Waals surface area contributed by atoms with Crippen LogP contribution in [-0.2, 0) is 14.2 Å².